The Morgan fingerprint density at radius 1 is 1.31 bits per heavy atom. The molecular weight excluding hydrogens is 375 g/mol. The van der Waals surface area contributed by atoms with E-state index in [2.05, 4.69) is 18.1 Å². The van der Waals surface area contributed by atoms with Gasteiger partial charge in [0, 0.05) is 24.8 Å². The quantitative estimate of drug-likeness (QED) is 0.834. The standard InChI is InChI=1S/C18H28N4O2.2ClH/c1-11-7-12(2)22(20-11)10-15-9-21(5-6-24-15)18(23)16-13-3-4-14(8-13)17(16)19;;/h7,13-17H,3-6,8-10,19H2,1-2H3;2*1H. The number of fused-ring (bicyclic) bond motifs is 2. The van der Waals surface area contributed by atoms with Crippen molar-refractivity contribution in [3.05, 3.63) is 17.5 Å². The first kappa shape index (κ1) is 21.5. The summed E-state index contributed by atoms with van der Waals surface area (Å²) >= 11 is 0. The van der Waals surface area contributed by atoms with Gasteiger partial charge in [-0.15, -0.1) is 24.8 Å². The van der Waals surface area contributed by atoms with Crippen LogP contribution in [-0.2, 0) is 16.1 Å². The van der Waals surface area contributed by atoms with Crippen LogP contribution in [0, 0.1) is 31.6 Å². The van der Waals surface area contributed by atoms with Crippen molar-refractivity contribution < 1.29 is 9.53 Å². The van der Waals surface area contributed by atoms with Gasteiger partial charge < -0.3 is 15.4 Å². The molecule has 2 heterocycles. The van der Waals surface area contributed by atoms with E-state index >= 15 is 0 Å². The lowest BCUT2D eigenvalue weighted by Gasteiger charge is -2.37. The number of hydrogen-bond acceptors (Lipinski definition) is 4. The van der Waals surface area contributed by atoms with Gasteiger partial charge in [-0.3, -0.25) is 9.48 Å². The molecule has 8 heteroatoms. The topological polar surface area (TPSA) is 73.4 Å². The van der Waals surface area contributed by atoms with Crippen LogP contribution in [0.3, 0.4) is 0 Å². The zero-order valence-electron chi connectivity index (χ0n) is 15.5. The molecular formula is C18H30Cl2N4O2. The summed E-state index contributed by atoms with van der Waals surface area (Å²) in [6, 6.07) is 2.13. The van der Waals surface area contributed by atoms with Crippen molar-refractivity contribution in [2.24, 2.45) is 23.5 Å². The first-order valence-corrected chi connectivity index (χ1v) is 9.20. The maximum atomic E-state index is 13.0. The summed E-state index contributed by atoms with van der Waals surface area (Å²) in [5.74, 6) is 1.37. The fourth-order valence-electron chi connectivity index (χ4n) is 5.00. The van der Waals surface area contributed by atoms with Crippen molar-refractivity contribution in [2.75, 3.05) is 19.7 Å². The van der Waals surface area contributed by atoms with Gasteiger partial charge in [-0.25, -0.2) is 0 Å². The van der Waals surface area contributed by atoms with E-state index in [0.717, 1.165) is 17.8 Å². The predicted octanol–water partition coefficient (Wildman–Crippen LogP) is 1.94. The van der Waals surface area contributed by atoms with Crippen molar-refractivity contribution in [2.45, 2.75) is 51.8 Å². The molecule has 2 aliphatic carbocycles. The second-order valence-electron chi connectivity index (χ2n) is 7.82. The number of rotatable bonds is 3. The highest BCUT2D eigenvalue weighted by molar-refractivity contribution is 5.85. The molecule has 1 aromatic rings. The Balaban J connectivity index is 0.00000121. The van der Waals surface area contributed by atoms with E-state index in [1.165, 1.54) is 12.8 Å². The van der Waals surface area contributed by atoms with Crippen LogP contribution in [0.1, 0.15) is 30.7 Å². The molecule has 3 aliphatic rings. The molecule has 26 heavy (non-hydrogen) atoms. The fourth-order valence-corrected chi connectivity index (χ4v) is 5.00. The number of ether oxygens (including phenoxy) is 1. The molecule has 4 rings (SSSR count). The van der Waals surface area contributed by atoms with Crippen LogP contribution in [0.4, 0.5) is 0 Å². The van der Waals surface area contributed by atoms with Crippen LogP contribution >= 0.6 is 24.8 Å². The maximum Gasteiger partial charge on any atom is 0.227 e. The molecule has 6 nitrogen and oxygen atoms in total. The summed E-state index contributed by atoms with van der Waals surface area (Å²) in [6.07, 6.45) is 3.54. The van der Waals surface area contributed by atoms with E-state index in [-0.39, 0.29) is 48.8 Å². The van der Waals surface area contributed by atoms with Crippen LogP contribution in [0.5, 0.6) is 0 Å². The Morgan fingerprint density at radius 3 is 2.65 bits per heavy atom. The maximum absolute atomic E-state index is 13.0. The summed E-state index contributed by atoms with van der Waals surface area (Å²) < 4.78 is 7.88. The smallest absolute Gasteiger partial charge is 0.227 e. The first-order chi connectivity index (χ1) is 11.5. The fraction of sp³-hybridized carbons (Fsp3) is 0.778. The lowest BCUT2D eigenvalue weighted by Crippen LogP contribution is -2.53. The number of carbonyl (C=O) groups excluding carboxylic acids is 1. The van der Waals surface area contributed by atoms with Crippen molar-refractivity contribution >= 4 is 30.7 Å². The molecule has 1 amide bonds. The molecule has 2 bridgehead atoms. The highest BCUT2D eigenvalue weighted by atomic mass is 35.5. The Labute approximate surface area is 167 Å². The monoisotopic (exact) mass is 404 g/mol. The Kier molecular flexibility index (Phi) is 6.99. The molecule has 2 N–H and O–H groups in total. The summed E-state index contributed by atoms with van der Waals surface area (Å²) in [5.41, 5.74) is 8.51. The van der Waals surface area contributed by atoms with Crippen LogP contribution in [0.25, 0.3) is 0 Å². The Morgan fingerprint density at radius 2 is 2.04 bits per heavy atom. The van der Waals surface area contributed by atoms with Crippen molar-refractivity contribution in [3.63, 3.8) is 0 Å². The molecule has 3 fully saturated rings. The summed E-state index contributed by atoms with van der Waals surface area (Å²) in [6.45, 7) is 6.69. The van der Waals surface area contributed by atoms with Gasteiger partial charge in [0.25, 0.3) is 0 Å². The van der Waals surface area contributed by atoms with E-state index in [0.29, 0.717) is 38.1 Å². The van der Waals surface area contributed by atoms with E-state index in [4.69, 9.17) is 10.5 Å². The van der Waals surface area contributed by atoms with E-state index < -0.39 is 0 Å². The number of aryl methyl sites for hydroxylation is 2. The zero-order valence-corrected chi connectivity index (χ0v) is 17.1. The van der Waals surface area contributed by atoms with Crippen LogP contribution < -0.4 is 5.73 Å². The molecule has 5 atom stereocenters. The minimum absolute atomic E-state index is 0. The molecule has 5 unspecified atom stereocenters. The summed E-state index contributed by atoms with van der Waals surface area (Å²) in [5, 5.41) is 4.51. The Hall–Kier alpha value is -0.820. The number of carbonyl (C=O) groups is 1. The molecule has 0 radical (unpaired) electrons. The average molecular weight is 405 g/mol. The second-order valence-corrected chi connectivity index (χ2v) is 7.82. The molecule has 1 aromatic heterocycles. The van der Waals surface area contributed by atoms with Gasteiger partial charge in [-0.05, 0) is 51.0 Å². The number of morpholine rings is 1. The highest BCUT2D eigenvalue weighted by Crippen LogP contribution is 2.48. The van der Waals surface area contributed by atoms with Crippen molar-refractivity contribution in [1.82, 2.24) is 14.7 Å². The lowest BCUT2D eigenvalue weighted by molar-refractivity contribution is -0.145. The minimum atomic E-state index is 0. The minimum Gasteiger partial charge on any atom is -0.373 e. The number of halogens is 2. The molecule has 1 saturated heterocycles. The van der Waals surface area contributed by atoms with Gasteiger partial charge in [0.15, 0.2) is 0 Å². The number of nitrogens with zero attached hydrogens (tertiary/aromatic N) is 3. The van der Waals surface area contributed by atoms with Gasteiger partial charge in [0.1, 0.15) is 0 Å². The number of hydrogen-bond donors (Lipinski definition) is 1. The normalized spacial score (nSPS) is 32.9. The molecule has 0 aromatic carbocycles. The van der Waals surface area contributed by atoms with E-state index in [1.807, 2.05) is 16.5 Å². The zero-order chi connectivity index (χ0) is 16.8. The first-order valence-electron chi connectivity index (χ1n) is 9.20. The van der Waals surface area contributed by atoms with Gasteiger partial charge in [-0.2, -0.15) is 5.10 Å². The number of nitrogens with two attached hydrogens (primary N) is 1. The van der Waals surface area contributed by atoms with Crippen LogP contribution in [0.15, 0.2) is 6.07 Å². The molecule has 1 aliphatic heterocycles. The number of aromatic nitrogens is 2. The average Bonchev–Trinajstić information content (AvgIpc) is 3.22. The highest BCUT2D eigenvalue weighted by Gasteiger charge is 2.50. The van der Waals surface area contributed by atoms with E-state index in [1.54, 1.807) is 0 Å². The molecule has 0 spiro atoms. The van der Waals surface area contributed by atoms with Crippen LogP contribution in [0.2, 0.25) is 0 Å². The summed E-state index contributed by atoms with van der Waals surface area (Å²) in [7, 11) is 0. The van der Waals surface area contributed by atoms with Gasteiger partial charge in [0.05, 0.1) is 30.9 Å². The van der Waals surface area contributed by atoms with E-state index in [9.17, 15) is 4.79 Å². The SMILES string of the molecule is Cc1cc(C)n(CC2CN(C(=O)C3C4CCC(C4)C3N)CCO2)n1.Cl.Cl. The van der Waals surface area contributed by atoms with Gasteiger partial charge >= 0.3 is 0 Å². The number of amides is 1. The van der Waals surface area contributed by atoms with Crippen molar-refractivity contribution in [1.29, 1.82) is 0 Å². The van der Waals surface area contributed by atoms with Crippen molar-refractivity contribution in [3.8, 4) is 0 Å². The molecule has 2 saturated carbocycles. The third kappa shape index (κ3) is 3.88. The summed E-state index contributed by atoms with van der Waals surface area (Å²) in [4.78, 5) is 15.0. The second kappa shape index (κ2) is 8.46. The Bertz CT molecular complexity index is 637. The van der Waals surface area contributed by atoms with Gasteiger partial charge in [-0.1, -0.05) is 0 Å². The molecule has 148 valence electrons. The third-order valence-corrected chi connectivity index (χ3v) is 6.20. The largest absolute Gasteiger partial charge is 0.373 e. The van der Waals surface area contributed by atoms with Crippen LogP contribution in [-0.4, -0.2) is 52.4 Å². The lowest BCUT2D eigenvalue weighted by atomic mass is 9.84. The third-order valence-electron chi connectivity index (χ3n) is 6.20. The van der Waals surface area contributed by atoms with Gasteiger partial charge in [0.2, 0.25) is 5.91 Å². The predicted molar refractivity (Wildman–Crippen MR) is 105 cm³/mol.